The lowest BCUT2D eigenvalue weighted by Crippen LogP contribution is -1.98. The first-order valence-electron chi connectivity index (χ1n) is 4.78. The van der Waals surface area contributed by atoms with E-state index in [0.29, 0.717) is 0 Å². The van der Waals surface area contributed by atoms with E-state index in [1.165, 1.54) is 22.3 Å². The quantitative estimate of drug-likeness (QED) is 0.598. The van der Waals surface area contributed by atoms with Gasteiger partial charge in [0.15, 0.2) is 0 Å². The molecule has 1 nitrogen and oxygen atoms in total. The second-order valence-electron chi connectivity index (χ2n) is 3.60. The lowest BCUT2D eigenvalue weighted by Gasteiger charge is -2.24. The average Bonchev–Trinajstić information content (AvgIpc) is 2.26. The molecule has 0 aromatic heterocycles. The maximum absolute atomic E-state index is 5.96. The Morgan fingerprint density at radius 1 is 0.867 bits per heavy atom. The zero-order valence-electron chi connectivity index (χ0n) is 8.25. The minimum atomic E-state index is 0.780. The summed E-state index contributed by atoms with van der Waals surface area (Å²) in [4.78, 5) is 0. The molecule has 0 radical (unpaired) electrons. The Hall–Kier alpha value is -1.47. The first-order valence-corrected chi connectivity index (χ1v) is 5.16. The van der Waals surface area contributed by atoms with Gasteiger partial charge in [-0.1, -0.05) is 23.7 Å². The molecule has 2 heteroatoms. The molecule has 2 aromatic rings. The van der Waals surface area contributed by atoms with Gasteiger partial charge in [0.2, 0.25) is 0 Å². The molecule has 0 atom stereocenters. The highest BCUT2D eigenvalue weighted by molar-refractivity contribution is 6.31. The van der Waals surface area contributed by atoms with Crippen LogP contribution in [0.25, 0.3) is 22.3 Å². The first kappa shape index (κ1) is 8.81. The summed E-state index contributed by atoms with van der Waals surface area (Å²) >= 11 is 5.96. The molecule has 0 fully saturated rings. The molecule has 0 unspecified atom stereocenters. The van der Waals surface area contributed by atoms with E-state index in [2.05, 4.69) is 12.1 Å². The van der Waals surface area contributed by atoms with E-state index < -0.39 is 0 Å². The van der Waals surface area contributed by atoms with Crippen molar-refractivity contribution in [3.8, 4) is 28.0 Å². The normalized spacial score (nSPS) is 11.3. The fourth-order valence-electron chi connectivity index (χ4n) is 2.02. The summed E-state index contributed by atoms with van der Waals surface area (Å²) in [5.74, 6) is 0.888. The molecule has 0 amide bonds. The summed E-state index contributed by atoms with van der Waals surface area (Å²) in [5.41, 5.74) is 5.00. The lowest BCUT2D eigenvalue weighted by atomic mass is 9.81. The fourth-order valence-corrected chi connectivity index (χ4v) is 2.19. The summed E-state index contributed by atoms with van der Waals surface area (Å²) in [6.07, 6.45) is 0. The van der Waals surface area contributed by atoms with E-state index in [0.717, 1.165) is 10.8 Å². The Morgan fingerprint density at radius 2 is 1.53 bits per heavy atom. The molecular weight excluding hydrogens is 208 g/mol. The molecule has 15 heavy (non-hydrogen) atoms. The number of halogens is 1. The van der Waals surface area contributed by atoms with Crippen LogP contribution in [0.3, 0.4) is 0 Å². The van der Waals surface area contributed by atoms with E-state index >= 15 is 0 Å². The van der Waals surface area contributed by atoms with Crippen molar-refractivity contribution < 1.29 is 4.74 Å². The maximum atomic E-state index is 5.96. The Balaban J connectivity index is 2.18. The highest BCUT2D eigenvalue weighted by Crippen LogP contribution is 2.49. The van der Waals surface area contributed by atoms with Crippen LogP contribution >= 0.6 is 11.6 Å². The average molecular weight is 217 g/mol. The standard InChI is InChI=1S/C13H9ClO/c1-15-9-3-5-11-10-4-2-8(14)6-12(10)13(11)7-9/h2-7H,1H3. The fraction of sp³-hybridized carbons (Fsp3) is 0.0769. The first-order chi connectivity index (χ1) is 7.29. The van der Waals surface area contributed by atoms with Crippen molar-refractivity contribution in [2.24, 2.45) is 0 Å². The van der Waals surface area contributed by atoms with E-state index in [9.17, 15) is 0 Å². The number of methoxy groups -OCH3 is 1. The summed E-state index contributed by atoms with van der Waals surface area (Å²) < 4.78 is 5.20. The van der Waals surface area contributed by atoms with Crippen molar-refractivity contribution in [3.05, 3.63) is 41.4 Å². The summed E-state index contributed by atoms with van der Waals surface area (Å²) in [7, 11) is 1.68. The van der Waals surface area contributed by atoms with Gasteiger partial charge in [0, 0.05) is 5.02 Å². The Morgan fingerprint density at radius 3 is 2.27 bits per heavy atom. The zero-order chi connectivity index (χ0) is 10.4. The van der Waals surface area contributed by atoms with Crippen LogP contribution in [0.2, 0.25) is 5.02 Å². The van der Waals surface area contributed by atoms with Gasteiger partial charge < -0.3 is 4.74 Å². The van der Waals surface area contributed by atoms with E-state index in [4.69, 9.17) is 16.3 Å². The van der Waals surface area contributed by atoms with Gasteiger partial charge in [-0.3, -0.25) is 0 Å². The lowest BCUT2D eigenvalue weighted by molar-refractivity contribution is 0.415. The van der Waals surface area contributed by atoms with Crippen LogP contribution in [-0.4, -0.2) is 7.11 Å². The molecule has 0 saturated heterocycles. The highest BCUT2D eigenvalue weighted by atomic mass is 35.5. The smallest absolute Gasteiger partial charge is 0.119 e. The topological polar surface area (TPSA) is 9.23 Å². The van der Waals surface area contributed by atoms with Gasteiger partial charge >= 0.3 is 0 Å². The zero-order valence-corrected chi connectivity index (χ0v) is 9.01. The van der Waals surface area contributed by atoms with Crippen LogP contribution < -0.4 is 4.74 Å². The molecular formula is C13H9ClO. The molecule has 2 aromatic carbocycles. The third kappa shape index (κ3) is 1.17. The monoisotopic (exact) mass is 216 g/mol. The Kier molecular flexibility index (Phi) is 1.77. The van der Waals surface area contributed by atoms with Gasteiger partial charge in [-0.25, -0.2) is 0 Å². The van der Waals surface area contributed by atoms with Crippen molar-refractivity contribution in [1.82, 2.24) is 0 Å². The molecule has 0 heterocycles. The van der Waals surface area contributed by atoms with E-state index in [1.807, 2.05) is 24.3 Å². The van der Waals surface area contributed by atoms with Crippen molar-refractivity contribution in [1.29, 1.82) is 0 Å². The SMILES string of the molecule is COc1ccc2c(c1)-c1cc(Cl)ccc1-2. The van der Waals surface area contributed by atoms with Crippen LogP contribution in [0.1, 0.15) is 0 Å². The van der Waals surface area contributed by atoms with E-state index in [1.54, 1.807) is 7.11 Å². The maximum Gasteiger partial charge on any atom is 0.119 e. The number of hydrogen-bond acceptors (Lipinski definition) is 1. The molecule has 1 aliphatic carbocycles. The van der Waals surface area contributed by atoms with Crippen LogP contribution in [-0.2, 0) is 0 Å². The van der Waals surface area contributed by atoms with Gasteiger partial charge in [-0.2, -0.15) is 0 Å². The number of fused-ring (bicyclic) bond motifs is 4. The number of rotatable bonds is 1. The highest BCUT2D eigenvalue weighted by Gasteiger charge is 2.22. The van der Waals surface area contributed by atoms with Gasteiger partial charge in [0.1, 0.15) is 5.75 Å². The van der Waals surface area contributed by atoms with Crippen molar-refractivity contribution >= 4 is 11.6 Å². The van der Waals surface area contributed by atoms with Gasteiger partial charge in [0.25, 0.3) is 0 Å². The molecule has 0 spiro atoms. The summed E-state index contributed by atoms with van der Waals surface area (Å²) in [5, 5.41) is 0.780. The second kappa shape index (κ2) is 3.01. The number of benzene rings is 2. The third-order valence-electron chi connectivity index (χ3n) is 2.79. The van der Waals surface area contributed by atoms with Gasteiger partial charge in [-0.15, -0.1) is 0 Å². The van der Waals surface area contributed by atoms with Crippen LogP contribution in [0.5, 0.6) is 5.75 Å². The van der Waals surface area contributed by atoms with Crippen LogP contribution in [0.15, 0.2) is 36.4 Å². The Bertz CT molecular complexity index is 546. The summed E-state index contributed by atoms with van der Waals surface area (Å²) in [6, 6.07) is 12.1. The minimum Gasteiger partial charge on any atom is -0.497 e. The van der Waals surface area contributed by atoms with Crippen LogP contribution in [0, 0.1) is 0 Å². The van der Waals surface area contributed by atoms with E-state index in [-0.39, 0.29) is 0 Å². The summed E-state index contributed by atoms with van der Waals surface area (Å²) in [6.45, 7) is 0. The van der Waals surface area contributed by atoms with Crippen molar-refractivity contribution in [3.63, 3.8) is 0 Å². The third-order valence-corrected chi connectivity index (χ3v) is 3.02. The predicted octanol–water partition coefficient (Wildman–Crippen LogP) is 4.00. The Labute approximate surface area is 93.3 Å². The molecule has 0 N–H and O–H groups in total. The van der Waals surface area contributed by atoms with Crippen molar-refractivity contribution in [2.45, 2.75) is 0 Å². The van der Waals surface area contributed by atoms with Gasteiger partial charge in [0.05, 0.1) is 7.11 Å². The van der Waals surface area contributed by atoms with Crippen molar-refractivity contribution in [2.75, 3.05) is 7.11 Å². The van der Waals surface area contributed by atoms with Gasteiger partial charge in [-0.05, 0) is 46.5 Å². The largest absolute Gasteiger partial charge is 0.497 e. The molecule has 3 rings (SSSR count). The molecule has 1 aliphatic rings. The van der Waals surface area contributed by atoms with Crippen LogP contribution in [0.4, 0.5) is 0 Å². The molecule has 74 valence electrons. The minimum absolute atomic E-state index is 0.780. The predicted molar refractivity (Wildman–Crippen MR) is 62.4 cm³/mol. The second-order valence-corrected chi connectivity index (χ2v) is 4.04. The molecule has 0 saturated carbocycles. The number of ether oxygens (including phenoxy) is 1. The molecule has 0 bridgehead atoms. The molecule has 0 aliphatic heterocycles. The number of hydrogen-bond donors (Lipinski definition) is 0.